The highest BCUT2D eigenvalue weighted by Gasteiger charge is 2.29. The first-order valence-corrected chi connectivity index (χ1v) is 5.91. The van der Waals surface area contributed by atoms with Gasteiger partial charge in [0.2, 0.25) is 5.91 Å². The second kappa shape index (κ2) is 4.52. The molecule has 3 N–H and O–H groups in total. The lowest BCUT2D eigenvalue weighted by molar-refractivity contribution is -0.128. The molecule has 3 heteroatoms. The largest absolute Gasteiger partial charge is 0.354 e. The SMILES string of the molecule is CC(C)(C)C(=O)NCC1(N)CCCCC1. The maximum atomic E-state index is 11.7. The van der Waals surface area contributed by atoms with E-state index < -0.39 is 0 Å². The van der Waals surface area contributed by atoms with Crippen molar-refractivity contribution in [1.82, 2.24) is 5.32 Å². The van der Waals surface area contributed by atoms with Crippen LogP contribution in [-0.4, -0.2) is 18.0 Å². The second-order valence-electron chi connectivity index (χ2n) is 5.86. The molecule has 1 fully saturated rings. The van der Waals surface area contributed by atoms with Gasteiger partial charge in [-0.1, -0.05) is 40.0 Å². The van der Waals surface area contributed by atoms with Gasteiger partial charge in [0.15, 0.2) is 0 Å². The second-order valence-corrected chi connectivity index (χ2v) is 5.86. The first-order chi connectivity index (χ1) is 6.83. The van der Waals surface area contributed by atoms with Crippen LogP contribution in [0.3, 0.4) is 0 Å². The minimum Gasteiger partial charge on any atom is -0.354 e. The Bertz CT molecular complexity index is 224. The van der Waals surface area contributed by atoms with Crippen LogP contribution in [-0.2, 0) is 4.79 Å². The van der Waals surface area contributed by atoms with Gasteiger partial charge in [-0.3, -0.25) is 4.79 Å². The molecule has 0 aliphatic heterocycles. The van der Waals surface area contributed by atoms with E-state index in [-0.39, 0.29) is 16.9 Å². The molecule has 0 bridgehead atoms. The molecule has 0 aromatic heterocycles. The van der Waals surface area contributed by atoms with Crippen molar-refractivity contribution in [2.45, 2.75) is 58.4 Å². The zero-order valence-corrected chi connectivity index (χ0v) is 10.2. The molecule has 1 aliphatic carbocycles. The van der Waals surface area contributed by atoms with E-state index in [1.54, 1.807) is 0 Å². The van der Waals surface area contributed by atoms with Crippen molar-refractivity contribution in [3.8, 4) is 0 Å². The van der Waals surface area contributed by atoms with Crippen molar-refractivity contribution >= 4 is 5.91 Å². The van der Waals surface area contributed by atoms with Gasteiger partial charge in [-0.15, -0.1) is 0 Å². The Balaban J connectivity index is 2.38. The summed E-state index contributed by atoms with van der Waals surface area (Å²) in [4.78, 5) is 11.7. The van der Waals surface area contributed by atoms with Crippen molar-refractivity contribution < 1.29 is 4.79 Å². The molecule has 0 heterocycles. The van der Waals surface area contributed by atoms with Crippen LogP contribution in [0.5, 0.6) is 0 Å². The smallest absolute Gasteiger partial charge is 0.225 e. The molecule has 0 unspecified atom stereocenters. The molecule has 0 saturated heterocycles. The number of nitrogens with two attached hydrogens (primary N) is 1. The van der Waals surface area contributed by atoms with E-state index in [1.807, 2.05) is 20.8 Å². The Morgan fingerprint density at radius 1 is 1.27 bits per heavy atom. The van der Waals surface area contributed by atoms with E-state index in [9.17, 15) is 4.79 Å². The van der Waals surface area contributed by atoms with Crippen molar-refractivity contribution in [1.29, 1.82) is 0 Å². The average Bonchev–Trinajstić information content (AvgIpc) is 2.14. The molecule has 0 aromatic carbocycles. The number of hydrogen-bond acceptors (Lipinski definition) is 2. The minimum absolute atomic E-state index is 0.0953. The maximum Gasteiger partial charge on any atom is 0.225 e. The Morgan fingerprint density at radius 3 is 2.27 bits per heavy atom. The predicted octanol–water partition coefficient (Wildman–Crippen LogP) is 1.81. The van der Waals surface area contributed by atoms with Gasteiger partial charge in [0.25, 0.3) is 0 Å². The number of nitrogens with one attached hydrogen (secondary N) is 1. The summed E-state index contributed by atoms with van der Waals surface area (Å²) in [7, 11) is 0. The standard InChI is InChI=1S/C12H24N2O/c1-11(2,3)10(15)14-9-12(13)7-5-4-6-8-12/h4-9,13H2,1-3H3,(H,14,15). The van der Waals surface area contributed by atoms with E-state index >= 15 is 0 Å². The fourth-order valence-corrected chi connectivity index (χ4v) is 1.95. The fraction of sp³-hybridized carbons (Fsp3) is 0.917. The highest BCUT2D eigenvalue weighted by Crippen LogP contribution is 2.25. The third kappa shape index (κ3) is 3.82. The van der Waals surface area contributed by atoms with Crippen LogP contribution in [0.1, 0.15) is 52.9 Å². The van der Waals surface area contributed by atoms with E-state index in [0.29, 0.717) is 6.54 Å². The summed E-state index contributed by atoms with van der Waals surface area (Å²) in [5.74, 6) is 0.0953. The van der Waals surface area contributed by atoms with Crippen LogP contribution in [0.15, 0.2) is 0 Å². The highest BCUT2D eigenvalue weighted by atomic mass is 16.2. The monoisotopic (exact) mass is 212 g/mol. The fourth-order valence-electron chi connectivity index (χ4n) is 1.95. The first-order valence-electron chi connectivity index (χ1n) is 5.91. The van der Waals surface area contributed by atoms with Gasteiger partial charge < -0.3 is 11.1 Å². The summed E-state index contributed by atoms with van der Waals surface area (Å²) in [6.45, 7) is 6.40. The lowest BCUT2D eigenvalue weighted by atomic mass is 9.82. The minimum atomic E-state index is -0.314. The van der Waals surface area contributed by atoms with Crippen molar-refractivity contribution in [2.75, 3.05) is 6.54 Å². The summed E-state index contributed by atoms with van der Waals surface area (Å²) in [5.41, 5.74) is 5.77. The predicted molar refractivity (Wildman–Crippen MR) is 62.5 cm³/mol. The Hall–Kier alpha value is -0.570. The molecule has 1 aliphatic rings. The molecule has 0 atom stereocenters. The lowest BCUT2D eigenvalue weighted by Gasteiger charge is -2.34. The van der Waals surface area contributed by atoms with Gasteiger partial charge in [-0.2, -0.15) is 0 Å². The van der Waals surface area contributed by atoms with Gasteiger partial charge in [-0.05, 0) is 12.8 Å². The zero-order valence-electron chi connectivity index (χ0n) is 10.2. The summed E-state index contributed by atoms with van der Waals surface area (Å²) >= 11 is 0. The summed E-state index contributed by atoms with van der Waals surface area (Å²) in [5, 5.41) is 2.97. The molecule has 3 nitrogen and oxygen atoms in total. The van der Waals surface area contributed by atoms with Gasteiger partial charge >= 0.3 is 0 Å². The molecule has 1 saturated carbocycles. The molecule has 1 amide bonds. The van der Waals surface area contributed by atoms with Gasteiger partial charge in [-0.25, -0.2) is 0 Å². The number of rotatable bonds is 2. The van der Waals surface area contributed by atoms with Crippen LogP contribution < -0.4 is 11.1 Å². The molecule has 0 spiro atoms. The van der Waals surface area contributed by atoms with Gasteiger partial charge in [0, 0.05) is 17.5 Å². The normalized spacial score (nSPS) is 21.1. The number of carbonyl (C=O) groups excluding carboxylic acids is 1. The van der Waals surface area contributed by atoms with E-state index in [4.69, 9.17) is 5.73 Å². The number of carbonyl (C=O) groups is 1. The van der Waals surface area contributed by atoms with Crippen molar-refractivity contribution in [2.24, 2.45) is 11.1 Å². The highest BCUT2D eigenvalue weighted by molar-refractivity contribution is 5.81. The number of hydrogen-bond donors (Lipinski definition) is 2. The molecular weight excluding hydrogens is 188 g/mol. The van der Waals surface area contributed by atoms with Crippen LogP contribution in [0.2, 0.25) is 0 Å². The van der Waals surface area contributed by atoms with Crippen molar-refractivity contribution in [3.63, 3.8) is 0 Å². The van der Waals surface area contributed by atoms with Crippen LogP contribution in [0.4, 0.5) is 0 Å². The van der Waals surface area contributed by atoms with Gasteiger partial charge in [0.05, 0.1) is 0 Å². The summed E-state index contributed by atoms with van der Waals surface area (Å²) < 4.78 is 0. The lowest BCUT2D eigenvalue weighted by Crippen LogP contribution is -2.52. The van der Waals surface area contributed by atoms with Crippen LogP contribution >= 0.6 is 0 Å². The van der Waals surface area contributed by atoms with E-state index in [0.717, 1.165) is 12.8 Å². The van der Waals surface area contributed by atoms with Gasteiger partial charge in [0.1, 0.15) is 0 Å². The molecule has 1 rings (SSSR count). The first kappa shape index (κ1) is 12.5. The van der Waals surface area contributed by atoms with Crippen LogP contribution in [0, 0.1) is 5.41 Å². The Kier molecular flexibility index (Phi) is 3.77. The topological polar surface area (TPSA) is 55.1 Å². The molecule has 0 aromatic rings. The Morgan fingerprint density at radius 2 is 1.80 bits per heavy atom. The molecular formula is C12H24N2O. The third-order valence-electron chi connectivity index (χ3n) is 3.13. The van der Waals surface area contributed by atoms with E-state index in [2.05, 4.69) is 5.32 Å². The quantitative estimate of drug-likeness (QED) is 0.733. The van der Waals surface area contributed by atoms with Crippen molar-refractivity contribution in [3.05, 3.63) is 0 Å². The van der Waals surface area contributed by atoms with Crippen LogP contribution in [0.25, 0.3) is 0 Å². The number of amides is 1. The zero-order chi connectivity index (χ0) is 11.5. The molecule has 0 radical (unpaired) electrons. The summed E-state index contributed by atoms with van der Waals surface area (Å²) in [6, 6.07) is 0. The maximum absolute atomic E-state index is 11.7. The molecule has 88 valence electrons. The summed E-state index contributed by atoms with van der Waals surface area (Å²) in [6.07, 6.45) is 5.75. The third-order valence-corrected chi connectivity index (χ3v) is 3.13. The van der Waals surface area contributed by atoms with E-state index in [1.165, 1.54) is 19.3 Å². The Labute approximate surface area is 92.8 Å². The molecule has 15 heavy (non-hydrogen) atoms. The average molecular weight is 212 g/mol.